The highest BCUT2D eigenvalue weighted by atomic mass is 35.5. The summed E-state index contributed by atoms with van der Waals surface area (Å²) in [6, 6.07) is 10.5. The molecule has 2 aromatic carbocycles. The van der Waals surface area contributed by atoms with Crippen molar-refractivity contribution in [3.05, 3.63) is 46.4 Å². The van der Waals surface area contributed by atoms with Crippen LogP contribution in [0.5, 0.6) is 0 Å². The molecular weight excluding hydrogens is 357 g/mol. The summed E-state index contributed by atoms with van der Waals surface area (Å²) in [6.07, 6.45) is 1.15. The van der Waals surface area contributed by atoms with E-state index in [4.69, 9.17) is 23.2 Å². The van der Waals surface area contributed by atoms with E-state index >= 15 is 0 Å². The lowest BCUT2D eigenvalue weighted by Gasteiger charge is -2.19. The van der Waals surface area contributed by atoms with Crippen molar-refractivity contribution in [1.82, 2.24) is 9.97 Å². The number of rotatable bonds is 3. The number of aromatic amines is 1. The first-order valence-electron chi connectivity index (χ1n) is 6.65. The van der Waals surface area contributed by atoms with Crippen LogP contribution in [-0.2, 0) is 10.0 Å². The van der Waals surface area contributed by atoms with Crippen LogP contribution < -0.4 is 4.31 Å². The van der Waals surface area contributed by atoms with E-state index in [1.807, 2.05) is 6.07 Å². The Balaban J connectivity index is 2.20. The lowest BCUT2D eigenvalue weighted by Crippen LogP contribution is -2.25. The maximum atomic E-state index is 11.8. The zero-order valence-electron chi connectivity index (χ0n) is 12.3. The first-order valence-corrected chi connectivity index (χ1v) is 9.26. The number of para-hydroxylation sites is 1. The molecule has 0 spiro atoms. The third-order valence-corrected chi connectivity index (χ3v) is 5.43. The summed E-state index contributed by atoms with van der Waals surface area (Å²) < 4.78 is 24.9. The molecule has 0 unspecified atom stereocenters. The first kappa shape index (κ1) is 16.1. The molecule has 0 aliphatic rings. The molecule has 5 nitrogen and oxygen atoms in total. The largest absolute Gasteiger partial charge is 0.338 e. The average molecular weight is 370 g/mol. The van der Waals surface area contributed by atoms with Gasteiger partial charge >= 0.3 is 0 Å². The average Bonchev–Trinajstić information content (AvgIpc) is 2.88. The van der Waals surface area contributed by atoms with Gasteiger partial charge in [-0.2, -0.15) is 0 Å². The molecule has 0 fully saturated rings. The molecule has 0 amide bonds. The molecule has 120 valence electrons. The summed E-state index contributed by atoms with van der Waals surface area (Å²) in [5.41, 5.74) is 2.59. The van der Waals surface area contributed by atoms with Crippen LogP contribution in [0.15, 0.2) is 36.4 Å². The summed E-state index contributed by atoms with van der Waals surface area (Å²) in [5.74, 6) is 0.546. The zero-order chi connectivity index (χ0) is 16.8. The van der Waals surface area contributed by atoms with Gasteiger partial charge in [0.15, 0.2) is 0 Å². The maximum Gasteiger partial charge on any atom is 0.232 e. The third kappa shape index (κ3) is 3.02. The topological polar surface area (TPSA) is 66.1 Å². The molecule has 0 atom stereocenters. The van der Waals surface area contributed by atoms with Crippen molar-refractivity contribution >= 4 is 49.9 Å². The van der Waals surface area contributed by atoms with Crippen molar-refractivity contribution in [2.45, 2.75) is 0 Å². The predicted octanol–water partition coefficient (Wildman–Crippen LogP) is 3.93. The van der Waals surface area contributed by atoms with Crippen molar-refractivity contribution < 1.29 is 8.42 Å². The minimum absolute atomic E-state index is 0.416. The van der Waals surface area contributed by atoms with Gasteiger partial charge in [-0.05, 0) is 24.3 Å². The molecule has 0 saturated carbocycles. The maximum absolute atomic E-state index is 11.8. The lowest BCUT2D eigenvalue weighted by molar-refractivity contribution is 0.600. The number of halogens is 2. The highest BCUT2D eigenvalue weighted by Gasteiger charge is 2.18. The van der Waals surface area contributed by atoms with E-state index in [9.17, 15) is 8.42 Å². The Morgan fingerprint density at radius 3 is 2.48 bits per heavy atom. The molecule has 0 radical (unpaired) electrons. The van der Waals surface area contributed by atoms with Crippen LogP contribution in [0.1, 0.15) is 0 Å². The van der Waals surface area contributed by atoms with Crippen LogP contribution in [0, 0.1) is 0 Å². The molecule has 23 heavy (non-hydrogen) atoms. The van der Waals surface area contributed by atoms with Crippen LogP contribution in [0.25, 0.3) is 22.4 Å². The lowest BCUT2D eigenvalue weighted by atomic mass is 10.1. The van der Waals surface area contributed by atoms with Gasteiger partial charge in [0.05, 0.1) is 33.0 Å². The number of fused-ring (bicyclic) bond motifs is 1. The van der Waals surface area contributed by atoms with Gasteiger partial charge in [0.2, 0.25) is 10.0 Å². The molecule has 1 heterocycles. The highest BCUT2D eigenvalue weighted by Crippen LogP contribution is 2.33. The van der Waals surface area contributed by atoms with E-state index in [0.29, 0.717) is 32.6 Å². The standard InChI is InChI=1S/C15H13Cl2N3O2S/c1-20(23(2,21)22)14-6-4-3-5-9(14)15-18-12-7-10(16)11(17)8-13(12)19-15/h3-8H,1-2H3,(H,18,19). The van der Waals surface area contributed by atoms with E-state index in [-0.39, 0.29) is 0 Å². The summed E-state index contributed by atoms with van der Waals surface area (Å²) >= 11 is 12.0. The summed E-state index contributed by atoms with van der Waals surface area (Å²) in [6.45, 7) is 0. The predicted molar refractivity (Wildman–Crippen MR) is 94.8 cm³/mol. The smallest absolute Gasteiger partial charge is 0.232 e. The summed E-state index contributed by atoms with van der Waals surface area (Å²) in [7, 11) is -1.88. The minimum Gasteiger partial charge on any atom is -0.338 e. The molecular formula is C15H13Cl2N3O2S. The van der Waals surface area contributed by atoms with Crippen molar-refractivity contribution in [3.8, 4) is 11.4 Å². The van der Waals surface area contributed by atoms with Gasteiger partial charge in [-0.15, -0.1) is 0 Å². The third-order valence-electron chi connectivity index (χ3n) is 3.52. The number of aromatic nitrogens is 2. The molecule has 0 aliphatic heterocycles. The minimum atomic E-state index is -3.38. The molecule has 1 N–H and O–H groups in total. The van der Waals surface area contributed by atoms with Gasteiger partial charge in [0, 0.05) is 12.6 Å². The van der Waals surface area contributed by atoms with E-state index in [2.05, 4.69) is 9.97 Å². The number of anilines is 1. The Morgan fingerprint density at radius 1 is 1.13 bits per heavy atom. The van der Waals surface area contributed by atoms with Crippen molar-refractivity contribution in [2.24, 2.45) is 0 Å². The number of sulfonamides is 1. The molecule has 0 aliphatic carbocycles. The van der Waals surface area contributed by atoms with Gasteiger partial charge in [-0.25, -0.2) is 13.4 Å². The van der Waals surface area contributed by atoms with Crippen LogP contribution in [0.2, 0.25) is 10.0 Å². The molecule has 0 bridgehead atoms. The zero-order valence-corrected chi connectivity index (χ0v) is 14.7. The van der Waals surface area contributed by atoms with Gasteiger partial charge in [0.1, 0.15) is 5.82 Å². The van der Waals surface area contributed by atoms with Crippen LogP contribution >= 0.6 is 23.2 Å². The van der Waals surface area contributed by atoms with E-state index < -0.39 is 10.0 Å². The second-order valence-electron chi connectivity index (χ2n) is 5.12. The Morgan fingerprint density at radius 2 is 1.78 bits per heavy atom. The number of imidazole rings is 1. The Kier molecular flexibility index (Phi) is 4.00. The van der Waals surface area contributed by atoms with Crippen LogP contribution in [0.3, 0.4) is 0 Å². The SMILES string of the molecule is CN(c1ccccc1-c1nc2cc(Cl)c(Cl)cc2[nH]1)S(C)(=O)=O. The Hall–Kier alpha value is -1.76. The number of benzene rings is 2. The molecule has 3 rings (SSSR count). The molecule has 8 heteroatoms. The molecule has 1 aromatic heterocycles. The second kappa shape index (κ2) is 5.70. The van der Waals surface area contributed by atoms with E-state index in [0.717, 1.165) is 11.8 Å². The molecule has 0 saturated heterocycles. The number of nitrogens with zero attached hydrogens (tertiary/aromatic N) is 2. The number of H-pyrrole nitrogens is 1. The summed E-state index contributed by atoms with van der Waals surface area (Å²) in [5, 5.41) is 0.842. The summed E-state index contributed by atoms with van der Waals surface area (Å²) in [4.78, 5) is 7.64. The van der Waals surface area contributed by atoms with E-state index in [1.54, 1.807) is 30.3 Å². The number of hydrogen-bond acceptors (Lipinski definition) is 3. The quantitative estimate of drug-likeness (QED) is 0.760. The normalized spacial score (nSPS) is 11.8. The Bertz CT molecular complexity index is 960. The van der Waals surface area contributed by atoms with Crippen molar-refractivity contribution in [3.63, 3.8) is 0 Å². The fourth-order valence-electron chi connectivity index (χ4n) is 2.26. The first-order chi connectivity index (χ1) is 10.8. The number of hydrogen-bond donors (Lipinski definition) is 1. The monoisotopic (exact) mass is 369 g/mol. The van der Waals surface area contributed by atoms with Crippen molar-refractivity contribution in [1.29, 1.82) is 0 Å². The molecule has 3 aromatic rings. The van der Waals surface area contributed by atoms with Crippen molar-refractivity contribution in [2.75, 3.05) is 17.6 Å². The Labute approximate surface area is 143 Å². The fraction of sp³-hybridized carbons (Fsp3) is 0.133. The van der Waals surface area contributed by atoms with Gasteiger partial charge in [0.25, 0.3) is 0 Å². The van der Waals surface area contributed by atoms with Crippen LogP contribution in [-0.4, -0.2) is 31.7 Å². The second-order valence-corrected chi connectivity index (χ2v) is 7.94. The van der Waals surface area contributed by atoms with Crippen LogP contribution in [0.4, 0.5) is 5.69 Å². The van der Waals surface area contributed by atoms with Gasteiger partial charge in [-0.3, -0.25) is 4.31 Å². The fourth-order valence-corrected chi connectivity index (χ4v) is 3.10. The highest BCUT2D eigenvalue weighted by molar-refractivity contribution is 7.92. The number of nitrogens with one attached hydrogen (secondary N) is 1. The van der Waals surface area contributed by atoms with E-state index in [1.165, 1.54) is 11.4 Å². The van der Waals surface area contributed by atoms with Gasteiger partial charge in [-0.1, -0.05) is 35.3 Å². The van der Waals surface area contributed by atoms with Gasteiger partial charge < -0.3 is 4.98 Å².